The zero-order valence-electron chi connectivity index (χ0n) is 18.2. The van der Waals surface area contributed by atoms with Crippen molar-refractivity contribution in [3.05, 3.63) is 42.2 Å². The highest BCUT2D eigenvalue weighted by Gasteiger charge is 2.29. The van der Waals surface area contributed by atoms with E-state index in [1.165, 1.54) is 0 Å². The van der Waals surface area contributed by atoms with Crippen molar-refractivity contribution in [1.82, 2.24) is 24.7 Å². The summed E-state index contributed by atoms with van der Waals surface area (Å²) < 4.78 is 12.4. The Morgan fingerprint density at radius 3 is 2.61 bits per heavy atom. The lowest BCUT2D eigenvalue weighted by Gasteiger charge is -2.34. The molecule has 0 radical (unpaired) electrons. The lowest BCUT2D eigenvalue weighted by Crippen LogP contribution is -2.42. The Morgan fingerprint density at radius 1 is 1.13 bits per heavy atom. The topological polar surface area (TPSA) is 85.1 Å². The van der Waals surface area contributed by atoms with Crippen LogP contribution >= 0.6 is 0 Å². The van der Waals surface area contributed by atoms with Gasteiger partial charge in [-0.15, -0.1) is 15.3 Å². The van der Waals surface area contributed by atoms with Crippen molar-refractivity contribution in [2.24, 2.45) is 5.92 Å². The molecule has 2 aromatic heterocycles. The summed E-state index contributed by atoms with van der Waals surface area (Å²) in [5.41, 5.74) is 1.75. The summed E-state index contributed by atoms with van der Waals surface area (Å²) in [7, 11) is 3.24. The quantitative estimate of drug-likeness (QED) is 0.576. The fourth-order valence-corrected chi connectivity index (χ4v) is 4.05. The van der Waals surface area contributed by atoms with E-state index in [4.69, 9.17) is 9.47 Å². The molecule has 0 saturated carbocycles. The number of carbonyl (C=O) groups excluding carboxylic acids is 1. The van der Waals surface area contributed by atoms with Gasteiger partial charge in [-0.3, -0.25) is 4.79 Å². The predicted octanol–water partition coefficient (Wildman–Crippen LogP) is 2.41. The van der Waals surface area contributed by atoms with E-state index in [-0.39, 0.29) is 11.8 Å². The molecule has 1 amide bonds. The Bertz CT molecular complexity index is 1040. The Hall–Kier alpha value is -3.36. The molecule has 9 nitrogen and oxygen atoms in total. The third-order valence-corrected chi connectivity index (χ3v) is 5.83. The van der Waals surface area contributed by atoms with E-state index >= 15 is 0 Å². The normalized spacial score (nSPS) is 14.6. The molecule has 1 aliphatic rings. The molecule has 4 rings (SSSR count). The van der Waals surface area contributed by atoms with Gasteiger partial charge in [0.25, 0.3) is 0 Å². The minimum Gasteiger partial charge on any atom is -0.493 e. The fraction of sp³-hybridized carbons (Fsp3) is 0.455. The Labute approximate surface area is 181 Å². The van der Waals surface area contributed by atoms with Gasteiger partial charge in [0.05, 0.1) is 14.2 Å². The molecule has 1 aromatic carbocycles. The monoisotopic (exact) mass is 424 g/mol. The molecule has 1 saturated heterocycles. The number of fused-ring (bicyclic) bond motifs is 1. The maximum Gasteiger partial charge on any atom is 0.226 e. The molecule has 31 heavy (non-hydrogen) atoms. The molecule has 1 aliphatic heterocycles. The molecular weight excluding hydrogens is 396 g/mol. The van der Waals surface area contributed by atoms with Crippen LogP contribution in [-0.2, 0) is 11.3 Å². The average Bonchev–Trinajstić information content (AvgIpc) is 3.30. The zero-order chi connectivity index (χ0) is 21.8. The number of aromatic nitrogens is 4. The van der Waals surface area contributed by atoms with Gasteiger partial charge >= 0.3 is 0 Å². The number of anilines is 1. The van der Waals surface area contributed by atoms with Gasteiger partial charge < -0.3 is 19.3 Å². The maximum absolute atomic E-state index is 13.2. The molecule has 0 aliphatic carbocycles. The molecule has 3 aromatic rings. The average molecular weight is 425 g/mol. The van der Waals surface area contributed by atoms with Crippen LogP contribution in [0.2, 0.25) is 0 Å². The van der Waals surface area contributed by atoms with Crippen LogP contribution in [0.4, 0.5) is 5.82 Å². The lowest BCUT2D eigenvalue weighted by molar-refractivity contribution is -0.136. The number of hydrogen-bond acceptors (Lipinski definition) is 7. The van der Waals surface area contributed by atoms with Crippen molar-refractivity contribution in [2.45, 2.75) is 26.3 Å². The second-order valence-electron chi connectivity index (χ2n) is 7.63. The number of hydrogen-bond donors (Lipinski definition) is 0. The van der Waals surface area contributed by atoms with Crippen molar-refractivity contribution >= 4 is 17.4 Å². The molecule has 0 spiro atoms. The zero-order valence-corrected chi connectivity index (χ0v) is 18.2. The first-order valence-corrected chi connectivity index (χ1v) is 10.5. The first kappa shape index (κ1) is 20.9. The molecule has 0 atom stereocenters. The SMILES string of the molecule is CCN(Cc1ccc(OC)c(OC)c1)C(=O)C1CCN(c2ccc3nncn3n2)CC1. The van der Waals surface area contributed by atoms with Crippen LogP contribution in [0.1, 0.15) is 25.3 Å². The predicted molar refractivity (Wildman–Crippen MR) is 116 cm³/mol. The van der Waals surface area contributed by atoms with Gasteiger partial charge in [-0.25, -0.2) is 0 Å². The van der Waals surface area contributed by atoms with E-state index in [0.717, 1.165) is 43.0 Å². The van der Waals surface area contributed by atoms with Gasteiger partial charge in [-0.05, 0) is 49.6 Å². The molecule has 1 fully saturated rings. The maximum atomic E-state index is 13.2. The van der Waals surface area contributed by atoms with E-state index in [0.29, 0.717) is 24.6 Å². The van der Waals surface area contributed by atoms with Gasteiger partial charge in [0.2, 0.25) is 5.91 Å². The second kappa shape index (κ2) is 9.20. The molecule has 0 unspecified atom stereocenters. The first-order valence-electron chi connectivity index (χ1n) is 10.5. The van der Waals surface area contributed by atoms with Crippen LogP contribution in [-0.4, -0.2) is 64.5 Å². The van der Waals surface area contributed by atoms with Gasteiger partial charge in [0, 0.05) is 32.1 Å². The lowest BCUT2D eigenvalue weighted by atomic mass is 9.95. The highest BCUT2D eigenvalue weighted by molar-refractivity contribution is 5.79. The number of amides is 1. The van der Waals surface area contributed by atoms with Crippen LogP contribution in [0.25, 0.3) is 5.65 Å². The van der Waals surface area contributed by atoms with Crippen LogP contribution < -0.4 is 14.4 Å². The summed E-state index contributed by atoms with van der Waals surface area (Å²) in [6.07, 6.45) is 3.22. The van der Waals surface area contributed by atoms with Crippen molar-refractivity contribution in [2.75, 3.05) is 38.8 Å². The molecule has 0 bridgehead atoms. The number of ether oxygens (including phenoxy) is 2. The van der Waals surface area contributed by atoms with Crippen LogP contribution in [0.5, 0.6) is 11.5 Å². The highest BCUT2D eigenvalue weighted by Crippen LogP contribution is 2.29. The Balaban J connectivity index is 1.38. The largest absolute Gasteiger partial charge is 0.493 e. The molecule has 164 valence electrons. The van der Waals surface area contributed by atoms with E-state index in [1.807, 2.05) is 42.2 Å². The van der Waals surface area contributed by atoms with Crippen LogP contribution in [0.3, 0.4) is 0 Å². The summed E-state index contributed by atoms with van der Waals surface area (Å²) in [6.45, 7) is 4.84. The highest BCUT2D eigenvalue weighted by atomic mass is 16.5. The summed E-state index contributed by atoms with van der Waals surface area (Å²) in [5, 5.41) is 12.4. The molecule has 9 heteroatoms. The Morgan fingerprint density at radius 2 is 1.90 bits per heavy atom. The van der Waals surface area contributed by atoms with E-state index < -0.39 is 0 Å². The minimum absolute atomic E-state index is 0.0231. The first-order chi connectivity index (χ1) is 15.1. The van der Waals surface area contributed by atoms with Crippen LogP contribution in [0, 0.1) is 5.92 Å². The number of methoxy groups -OCH3 is 2. The minimum atomic E-state index is 0.0231. The van der Waals surface area contributed by atoms with E-state index in [9.17, 15) is 4.79 Å². The number of rotatable bonds is 7. The molecule has 3 heterocycles. The van der Waals surface area contributed by atoms with Gasteiger partial charge in [-0.2, -0.15) is 4.52 Å². The summed E-state index contributed by atoms with van der Waals surface area (Å²) in [6, 6.07) is 9.66. The van der Waals surface area contributed by atoms with Crippen LogP contribution in [0.15, 0.2) is 36.7 Å². The second-order valence-corrected chi connectivity index (χ2v) is 7.63. The number of benzene rings is 1. The van der Waals surface area contributed by atoms with Crippen molar-refractivity contribution in [3.8, 4) is 11.5 Å². The summed E-state index contributed by atoms with van der Waals surface area (Å²) >= 11 is 0. The summed E-state index contributed by atoms with van der Waals surface area (Å²) in [5.74, 6) is 2.48. The van der Waals surface area contributed by atoms with Gasteiger partial charge in [0.1, 0.15) is 12.1 Å². The van der Waals surface area contributed by atoms with Crippen molar-refractivity contribution in [1.29, 1.82) is 0 Å². The van der Waals surface area contributed by atoms with Crippen molar-refractivity contribution < 1.29 is 14.3 Å². The Kier molecular flexibility index (Phi) is 6.20. The number of carbonyl (C=O) groups is 1. The van der Waals surface area contributed by atoms with Gasteiger partial charge in [0.15, 0.2) is 17.1 Å². The fourth-order valence-electron chi connectivity index (χ4n) is 4.05. The smallest absolute Gasteiger partial charge is 0.226 e. The number of piperidine rings is 1. The molecule has 0 N–H and O–H groups in total. The van der Waals surface area contributed by atoms with E-state index in [1.54, 1.807) is 25.1 Å². The molecular formula is C22H28N6O3. The number of nitrogens with zero attached hydrogens (tertiary/aromatic N) is 6. The third kappa shape index (κ3) is 4.40. The standard InChI is InChI=1S/C22H28N6O3/c1-4-26(14-16-5-6-18(30-2)19(13-16)31-3)22(29)17-9-11-27(12-10-17)21-8-7-20-24-23-15-28(20)25-21/h5-8,13,15,17H,4,9-12,14H2,1-3H3. The third-order valence-electron chi connectivity index (χ3n) is 5.83. The summed E-state index contributed by atoms with van der Waals surface area (Å²) in [4.78, 5) is 17.3. The van der Waals surface area contributed by atoms with Crippen molar-refractivity contribution in [3.63, 3.8) is 0 Å². The van der Waals surface area contributed by atoms with Gasteiger partial charge in [-0.1, -0.05) is 6.07 Å². The van der Waals surface area contributed by atoms with E-state index in [2.05, 4.69) is 20.2 Å².